The van der Waals surface area contributed by atoms with E-state index in [1.165, 1.54) is 0 Å². The van der Waals surface area contributed by atoms with Crippen molar-refractivity contribution in [1.29, 1.82) is 0 Å². The van der Waals surface area contributed by atoms with Crippen molar-refractivity contribution in [3.8, 4) is 0 Å². The molecule has 1 saturated carbocycles. The van der Waals surface area contributed by atoms with Crippen LogP contribution in [-0.2, 0) is 0 Å². The Hall–Kier alpha value is -2.90. The number of anilines is 1. The van der Waals surface area contributed by atoms with Crippen LogP contribution in [-0.4, -0.2) is 45.8 Å². The van der Waals surface area contributed by atoms with Crippen molar-refractivity contribution in [2.24, 2.45) is 0 Å². The molecule has 0 atom stereocenters. The van der Waals surface area contributed by atoms with Gasteiger partial charge in [-0.3, -0.25) is 9.69 Å². The van der Waals surface area contributed by atoms with Crippen molar-refractivity contribution in [3.63, 3.8) is 0 Å². The maximum absolute atomic E-state index is 12.7. The molecule has 8 nitrogen and oxygen atoms in total. The van der Waals surface area contributed by atoms with E-state index in [0.717, 1.165) is 36.9 Å². The summed E-state index contributed by atoms with van der Waals surface area (Å²) in [6, 6.07) is 5.96. The van der Waals surface area contributed by atoms with E-state index in [1.807, 2.05) is 29.8 Å². The lowest BCUT2D eigenvalue weighted by Gasteiger charge is -2.29. The van der Waals surface area contributed by atoms with E-state index >= 15 is 0 Å². The second-order valence-corrected chi connectivity index (χ2v) is 7.24. The molecule has 1 aromatic carbocycles. The highest BCUT2D eigenvalue weighted by Crippen LogP contribution is 2.28. The number of hydrogen-bond acceptors (Lipinski definition) is 4. The van der Waals surface area contributed by atoms with Crippen LogP contribution < -0.4 is 15.5 Å². The SMILES string of the molecule is Cc1ccc(C(=O)NC2CCC(n3cncn3)CC2)cc1N1CCNC1=O. The highest BCUT2D eigenvalue weighted by Gasteiger charge is 2.26. The molecule has 2 fully saturated rings. The molecule has 8 heteroatoms. The van der Waals surface area contributed by atoms with Crippen LogP contribution in [0.1, 0.15) is 47.6 Å². The molecule has 0 bridgehead atoms. The molecule has 0 unspecified atom stereocenters. The first-order chi connectivity index (χ1) is 13.1. The Morgan fingerprint density at radius 1 is 1.26 bits per heavy atom. The quantitative estimate of drug-likeness (QED) is 0.864. The fourth-order valence-corrected chi connectivity index (χ4v) is 3.90. The van der Waals surface area contributed by atoms with Crippen molar-refractivity contribution >= 4 is 17.6 Å². The molecule has 1 aliphatic carbocycles. The number of rotatable bonds is 4. The molecule has 4 rings (SSSR count). The molecule has 27 heavy (non-hydrogen) atoms. The van der Waals surface area contributed by atoms with E-state index in [2.05, 4.69) is 20.7 Å². The van der Waals surface area contributed by atoms with Gasteiger partial charge in [-0.25, -0.2) is 14.5 Å². The van der Waals surface area contributed by atoms with Crippen LogP contribution >= 0.6 is 0 Å². The third kappa shape index (κ3) is 3.65. The lowest BCUT2D eigenvalue weighted by Crippen LogP contribution is -2.38. The minimum atomic E-state index is -0.109. The highest BCUT2D eigenvalue weighted by molar-refractivity contribution is 5.99. The number of amides is 3. The molecule has 142 valence electrons. The van der Waals surface area contributed by atoms with Crippen LogP contribution in [0.2, 0.25) is 0 Å². The van der Waals surface area contributed by atoms with Crippen molar-refractivity contribution < 1.29 is 9.59 Å². The van der Waals surface area contributed by atoms with Crippen LogP contribution in [0.5, 0.6) is 0 Å². The Bertz CT molecular complexity index is 827. The third-order valence-corrected chi connectivity index (χ3v) is 5.46. The predicted molar refractivity (Wildman–Crippen MR) is 101 cm³/mol. The molecule has 0 spiro atoms. The van der Waals surface area contributed by atoms with Gasteiger partial charge in [-0.05, 0) is 50.3 Å². The number of urea groups is 1. The highest BCUT2D eigenvalue weighted by atomic mass is 16.2. The van der Waals surface area contributed by atoms with E-state index in [9.17, 15) is 9.59 Å². The summed E-state index contributed by atoms with van der Waals surface area (Å²) in [6.07, 6.45) is 7.10. The standard InChI is InChI=1S/C19H24N6O2/c1-13-2-3-14(10-17(13)24-9-8-21-19(24)27)18(26)23-15-4-6-16(7-5-15)25-12-20-11-22-25/h2-3,10-12,15-16H,4-9H2,1H3,(H,21,27)(H,23,26). The summed E-state index contributed by atoms with van der Waals surface area (Å²) in [5, 5.41) is 10.2. The number of aryl methyl sites for hydroxylation is 1. The van der Waals surface area contributed by atoms with Gasteiger partial charge in [0.1, 0.15) is 12.7 Å². The zero-order chi connectivity index (χ0) is 18.8. The van der Waals surface area contributed by atoms with Crippen LogP contribution in [0.4, 0.5) is 10.5 Å². The van der Waals surface area contributed by atoms with Gasteiger partial charge in [0, 0.05) is 30.4 Å². The summed E-state index contributed by atoms with van der Waals surface area (Å²) in [7, 11) is 0. The second-order valence-electron chi connectivity index (χ2n) is 7.24. The number of nitrogens with one attached hydrogen (secondary N) is 2. The molecule has 2 heterocycles. The first kappa shape index (κ1) is 17.5. The molecule has 0 radical (unpaired) electrons. The fourth-order valence-electron chi connectivity index (χ4n) is 3.90. The van der Waals surface area contributed by atoms with Gasteiger partial charge >= 0.3 is 6.03 Å². The molecule has 1 aliphatic heterocycles. The number of hydrogen-bond donors (Lipinski definition) is 2. The molecular formula is C19H24N6O2. The zero-order valence-corrected chi connectivity index (χ0v) is 15.4. The van der Waals surface area contributed by atoms with Crippen molar-refractivity contribution in [1.82, 2.24) is 25.4 Å². The first-order valence-electron chi connectivity index (χ1n) is 9.43. The molecule has 2 N–H and O–H groups in total. The molecule has 3 amide bonds. The van der Waals surface area contributed by atoms with Crippen molar-refractivity contribution in [2.45, 2.75) is 44.7 Å². The summed E-state index contributed by atoms with van der Waals surface area (Å²) < 4.78 is 1.91. The smallest absolute Gasteiger partial charge is 0.322 e. The Kier molecular flexibility index (Phi) is 4.79. The first-order valence-corrected chi connectivity index (χ1v) is 9.43. The zero-order valence-electron chi connectivity index (χ0n) is 15.4. The van der Waals surface area contributed by atoms with Gasteiger partial charge in [0.05, 0.1) is 6.04 Å². The number of aromatic nitrogens is 3. The summed E-state index contributed by atoms with van der Waals surface area (Å²) in [6.45, 7) is 3.20. The summed E-state index contributed by atoms with van der Waals surface area (Å²) in [5.41, 5.74) is 2.37. The Morgan fingerprint density at radius 3 is 2.74 bits per heavy atom. The van der Waals surface area contributed by atoms with Gasteiger partial charge in [0.15, 0.2) is 0 Å². The van der Waals surface area contributed by atoms with Gasteiger partial charge in [-0.2, -0.15) is 5.10 Å². The molecule has 2 aromatic rings. The van der Waals surface area contributed by atoms with E-state index in [0.29, 0.717) is 24.7 Å². The topological polar surface area (TPSA) is 92.2 Å². The predicted octanol–water partition coefficient (Wildman–Crippen LogP) is 2.03. The minimum Gasteiger partial charge on any atom is -0.349 e. The summed E-state index contributed by atoms with van der Waals surface area (Å²) >= 11 is 0. The van der Waals surface area contributed by atoms with Crippen molar-refractivity contribution in [3.05, 3.63) is 42.0 Å². The number of benzene rings is 1. The van der Waals surface area contributed by atoms with Gasteiger partial charge in [-0.15, -0.1) is 0 Å². The molecular weight excluding hydrogens is 344 g/mol. The van der Waals surface area contributed by atoms with Crippen molar-refractivity contribution in [2.75, 3.05) is 18.0 Å². The largest absolute Gasteiger partial charge is 0.349 e. The Labute approximate surface area is 158 Å². The number of carbonyl (C=O) groups is 2. The average molecular weight is 368 g/mol. The van der Waals surface area contributed by atoms with Crippen LogP contribution in [0.25, 0.3) is 0 Å². The van der Waals surface area contributed by atoms with Gasteiger partial charge in [-0.1, -0.05) is 6.07 Å². The van der Waals surface area contributed by atoms with E-state index in [4.69, 9.17) is 0 Å². The van der Waals surface area contributed by atoms with Crippen LogP contribution in [0.15, 0.2) is 30.9 Å². The normalized spacial score (nSPS) is 22.6. The average Bonchev–Trinajstić information content (AvgIpc) is 3.35. The Morgan fingerprint density at radius 2 is 2.07 bits per heavy atom. The van der Waals surface area contributed by atoms with Crippen LogP contribution in [0.3, 0.4) is 0 Å². The minimum absolute atomic E-state index is 0.0833. The van der Waals surface area contributed by atoms with Crippen LogP contribution in [0, 0.1) is 6.92 Å². The number of nitrogens with zero attached hydrogens (tertiary/aromatic N) is 4. The van der Waals surface area contributed by atoms with E-state index in [1.54, 1.807) is 17.6 Å². The lowest BCUT2D eigenvalue weighted by atomic mass is 9.91. The van der Waals surface area contributed by atoms with Gasteiger partial charge in [0.25, 0.3) is 5.91 Å². The number of carbonyl (C=O) groups excluding carboxylic acids is 2. The maximum atomic E-state index is 12.7. The van der Waals surface area contributed by atoms with E-state index in [-0.39, 0.29) is 18.0 Å². The van der Waals surface area contributed by atoms with Gasteiger partial charge < -0.3 is 10.6 Å². The third-order valence-electron chi connectivity index (χ3n) is 5.46. The summed E-state index contributed by atoms with van der Waals surface area (Å²) in [4.78, 5) is 30.4. The lowest BCUT2D eigenvalue weighted by molar-refractivity contribution is 0.0921. The molecule has 2 aliphatic rings. The maximum Gasteiger partial charge on any atom is 0.322 e. The molecule has 1 aromatic heterocycles. The second kappa shape index (κ2) is 7.38. The Balaban J connectivity index is 1.39. The fraction of sp³-hybridized carbons (Fsp3) is 0.474. The van der Waals surface area contributed by atoms with E-state index < -0.39 is 0 Å². The monoisotopic (exact) mass is 368 g/mol. The summed E-state index contributed by atoms with van der Waals surface area (Å²) in [5.74, 6) is -0.0833. The molecule has 1 saturated heterocycles. The van der Waals surface area contributed by atoms with Gasteiger partial charge in [0.2, 0.25) is 0 Å².